The lowest BCUT2D eigenvalue weighted by atomic mass is 10.1. The largest absolute Gasteiger partial charge is 0.321 e. The summed E-state index contributed by atoms with van der Waals surface area (Å²) >= 11 is 2.21. The standard InChI is InChI=1S/C15H18INO.C2H6/c1-4-6-14(11(3)16)17-15(18)13-9-7-12(5-2)8-10-13;1-2/h4,6-10H,5H2,1-3H3,(H,17,18);1-2H3/b6-4-,14-11-;. The SMILES string of the molecule is C/C=C\C(NC(=O)c1ccc(CC)cc1)=C(/C)I.CC. The molecule has 1 aromatic rings. The normalized spacial score (nSPS) is 11.5. The van der Waals surface area contributed by atoms with Gasteiger partial charge in [0.1, 0.15) is 0 Å². The predicted octanol–water partition coefficient (Wildman–Crippen LogP) is 5.25. The lowest BCUT2D eigenvalue weighted by Gasteiger charge is -2.08. The number of carbonyl (C=O) groups is 1. The Morgan fingerprint density at radius 3 is 2.20 bits per heavy atom. The summed E-state index contributed by atoms with van der Waals surface area (Å²) in [5.74, 6) is -0.0678. The Morgan fingerprint density at radius 2 is 1.80 bits per heavy atom. The van der Waals surface area contributed by atoms with Gasteiger partial charge in [0.2, 0.25) is 0 Å². The minimum atomic E-state index is -0.0678. The average Bonchev–Trinajstić information content (AvgIpc) is 2.48. The monoisotopic (exact) mass is 385 g/mol. The maximum absolute atomic E-state index is 12.1. The van der Waals surface area contributed by atoms with Gasteiger partial charge in [0.15, 0.2) is 0 Å². The molecule has 0 radical (unpaired) electrons. The Morgan fingerprint density at radius 1 is 1.25 bits per heavy atom. The maximum Gasteiger partial charge on any atom is 0.255 e. The first-order chi connectivity index (χ1) is 9.58. The number of allylic oxidation sites excluding steroid dienone is 3. The number of amides is 1. The Kier molecular flexibility index (Phi) is 10.1. The Balaban J connectivity index is 0.00000172. The highest BCUT2D eigenvalue weighted by Crippen LogP contribution is 2.12. The fourth-order valence-electron chi connectivity index (χ4n) is 1.50. The molecule has 3 heteroatoms. The second kappa shape index (κ2) is 10.7. The van der Waals surface area contributed by atoms with E-state index in [0.29, 0.717) is 5.56 Å². The average molecular weight is 385 g/mol. The van der Waals surface area contributed by atoms with Crippen LogP contribution in [0.5, 0.6) is 0 Å². The Labute approximate surface area is 136 Å². The molecule has 0 saturated heterocycles. The number of aryl methyl sites for hydroxylation is 1. The van der Waals surface area contributed by atoms with Crippen molar-refractivity contribution < 1.29 is 4.79 Å². The molecule has 110 valence electrons. The molecule has 0 aromatic heterocycles. The second-order valence-corrected chi connectivity index (χ2v) is 5.57. The van der Waals surface area contributed by atoms with E-state index in [4.69, 9.17) is 0 Å². The lowest BCUT2D eigenvalue weighted by molar-refractivity contribution is 0.0967. The first kappa shape index (κ1) is 18.9. The zero-order valence-electron chi connectivity index (χ0n) is 13.0. The number of rotatable bonds is 4. The van der Waals surface area contributed by atoms with Gasteiger partial charge in [0, 0.05) is 14.8 Å². The molecule has 20 heavy (non-hydrogen) atoms. The van der Waals surface area contributed by atoms with E-state index in [2.05, 4.69) is 34.8 Å². The van der Waals surface area contributed by atoms with Crippen LogP contribution in [-0.2, 0) is 6.42 Å². The van der Waals surface area contributed by atoms with E-state index in [0.717, 1.165) is 15.7 Å². The molecule has 0 unspecified atom stereocenters. The molecule has 0 saturated carbocycles. The van der Waals surface area contributed by atoms with Gasteiger partial charge in [-0.3, -0.25) is 4.79 Å². The van der Waals surface area contributed by atoms with Crippen LogP contribution in [0.2, 0.25) is 0 Å². The molecule has 0 fully saturated rings. The van der Waals surface area contributed by atoms with E-state index < -0.39 is 0 Å². The topological polar surface area (TPSA) is 29.1 Å². The zero-order valence-corrected chi connectivity index (χ0v) is 15.1. The maximum atomic E-state index is 12.1. The molecule has 1 amide bonds. The predicted molar refractivity (Wildman–Crippen MR) is 96.2 cm³/mol. The van der Waals surface area contributed by atoms with Gasteiger partial charge >= 0.3 is 0 Å². The summed E-state index contributed by atoms with van der Waals surface area (Å²) in [5, 5.41) is 2.92. The van der Waals surface area contributed by atoms with Crippen LogP contribution in [-0.4, -0.2) is 5.91 Å². The fraction of sp³-hybridized carbons (Fsp3) is 0.353. The molecule has 0 aliphatic heterocycles. The summed E-state index contributed by atoms with van der Waals surface area (Å²) in [7, 11) is 0. The molecule has 0 spiro atoms. The zero-order chi connectivity index (χ0) is 15.5. The van der Waals surface area contributed by atoms with Crippen LogP contribution in [0.1, 0.15) is 50.5 Å². The summed E-state index contributed by atoms with van der Waals surface area (Å²) in [5.41, 5.74) is 2.77. The van der Waals surface area contributed by atoms with Crippen molar-refractivity contribution >= 4 is 28.5 Å². The molecule has 1 N–H and O–H groups in total. The van der Waals surface area contributed by atoms with Gasteiger partial charge in [-0.1, -0.05) is 39.0 Å². The quantitative estimate of drug-likeness (QED) is 0.557. The van der Waals surface area contributed by atoms with Crippen molar-refractivity contribution in [2.75, 3.05) is 0 Å². The summed E-state index contributed by atoms with van der Waals surface area (Å²) in [4.78, 5) is 12.1. The smallest absolute Gasteiger partial charge is 0.255 e. The molecule has 1 aromatic carbocycles. The van der Waals surface area contributed by atoms with Crippen molar-refractivity contribution in [1.29, 1.82) is 0 Å². The number of hydrogen-bond acceptors (Lipinski definition) is 1. The summed E-state index contributed by atoms with van der Waals surface area (Å²) < 4.78 is 1.06. The highest BCUT2D eigenvalue weighted by atomic mass is 127. The molecule has 0 aliphatic carbocycles. The molecular weight excluding hydrogens is 361 g/mol. The van der Waals surface area contributed by atoms with E-state index in [1.54, 1.807) is 0 Å². The van der Waals surface area contributed by atoms with Crippen molar-refractivity contribution in [2.24, 2.45) is 0 Å². The Bertz CT molecular complexity index is 468. The van der Waals surface area contributed by atoms with Gasteiger partial charge in [-0.2, -0.15) is 0 Å². The number of carbonyl (C=O) groups excluding carboxylic acids is 1. The fourth-order valence-corrected chi connectivity index (χ4v) is 1.81. The van der Waals surface area contributed by atoms with Crippen LogP contribution < -0.4 is 5.32 Å². The van der Waals surface area contributed by atoms with Crippen LogP contribution in [0.3, 0.4) is 0 Å². The molecule has 0 aliphatic rings. The van der Waals surface area contributed by atoms with Gasteiger partial charge in [-0.05, 0) is 66.6 Å². The van der Waals surface area contributed by atoms with Crippen LogP contribution in [0, 0.1) is 0 Å². The van der Waals surface area contributed by atoms with Gasteiger partial charge < -0.3 is 5.32 Å². The van der Waals surface area contributed by atoms with E-state index in [1.807, 2.05) is 64.1 Å². The van der Waals surface area contributed by atoms with Gasteiger partial charge in [0.25, 0.3) is 5.91 Å². The van der Waals surface area contributed by atoms with Crippen molar-refractivity contribution in [3.05, 3.63) is 56.8 Å². The van der Waals surface area contributed by atoms with E-state index in [-0.39, 0.29) is 5.91 Å². The number of nitrogens with one attached hydrogen (secondary N) is 1. The summed E-state index contributed by atoms with van der Waals surface area (Å²) in [6.45, 7) is 10.00. The van der Waals surface area contributed by atoms with E-state index in [1.165, 1.54) is 5.56 Å². The third-order valence-electron chi connectivity index (χ3n) is 2.58. The molecular formula is C17H24INO. The third kappa shape index (κ3) is 6.37. The summed E-state index contributed by atoms with van der Waals surface area (Å²) in [6, 6.07) is 7.71. The lowest BCUT2D eigenvalue weighted by Crippen LogP contribution is -2.22. The minimum Gasteiger partial charge on any atom is -0.321 e. The summed E-state index contributed by atoms with van der Waals surface area (Å²) in [6.07, 6.45) is 4.80. The van der Waals surface area contributed by atoms with Crippen molar-refractivity contribution in [1.82, 2.24) is 5.32 Å². The Hall–Kier alpha value is -1.10. The first-order valence-electron chi connectivity index (χ1n) is 6.97. The minimum absolute atomic E-state index is 0.0678. The van der Waals surface area contributed by atoms with E-state index in [9.17, 15) is 4.79 Å². The van der Waals surface area contributed by atoms with E-state index >= 15 is 0 Å². The van der Waals surface area contributed by atoms with Crippen molar-refractivity contribution in [2.45, 2.75) is 41.0 Å². The van der Waals surface area contributed by atoms with Gasteiger partial charge in [-0.25, -0.2) is 0 Å². The van der Waals surface area contributed by atoms with Crippen LogP contribution >= 0.6 is 22.6 Å². The number of hydrogen-bond donors (Lipinski definition) is 1. The van der Waals surface area contributed by atoms with Crippen LogP contribution in [0.4, 0.5) is 0 Å². The van der Waals surface area contributed by atoms with Crippen LogP contribution in [0.25, 0.3) is 0 Å². The van der Waals surface area contributed by atoms with Crippen LogP contribution in [0.15, 0.2) is 45.7 Å². The van der Waals surface area contributed by atoms with Gasteiger partial charge in [-0.15, -0.1) is 0 Å². The third-order valence-corrected chi connectivity index (χ3v) is 3.16. The highest BCUT2D eigenvalue weighted by molar-refractivity contribution is 14.1. The first-order valence-corrected chi connectivity index (χ1v) is 8.05. The molecule has 0 heterocycles. The highest BCUT2D eigenvalue weighted by Gasteiger charge is 2.07. The van der Waals surface area contributed by atoms with Crippen molar-refractivity contribution in [3.8, 4) is 0 Å². The molecule has 0 bridgehead atoms. The molecule has 0 atom stereocenters. The van der Waals surface area contributed by atoms with Crippen molar-refractivity contribution in [3.63, 3.8) is 0 Å². The number of benzene rings is 1. The van der Waals surface area contributed by atoms with Gasteiger partial charge in [0.05, 0.1) is 0 Å². The number of halogens is 1. The molecule has 1 rings (SSSR count). The molecule has 2 nitrogen and oxygen atoms in total. The second-order valence-electron chi connectivity index (χ2n) is 3.95.